The van der Waals surface area contributed by atoms with E-state index in [1.54, 1.807) is 0 Å². The Labute approximate surface area is 106 Å². The van der Waals surface area contributed by atoms with Crippen molar-refractivity contribution in [1.29, 1.82) is 0 Å². The van der Waals surface area contributed by atoms with Gasteiger partial charge in [-0.3, -0.25) is 0 Å². The molecule has 1 saturated carbocycles. The number of hydrogen-bond acceptors (Lipinski definition) is 1. The molecule has 1 heteroatoms. The standard InChI is InChI=1S/C16H28O/c1-13-10-11-16(17,12-14(13)2)15-8-6-4-3-5-7-9-15/h8,13-14,17H,3-7,9-12H2,1-2H3. The zero-order valence-corrected chi connectivity index (χ0v) is 11.5. The Kier molecular flexibility index (Phi) is 4.30. The van der Waals surface area contributed by atoms with Gasteiger partial charge in [0, 0.05) is 0 Å². The van der Waals surface area contributed by atoms with Crippen LogP contribution in [-0.2, 0) is 0 Å². The van der Waals surface area contributed by atoms with Crippen molar-refractivity contribution in [3.63, 3.8) is 0 Å². The van der Waals surface area contributed by atoms with E-state index in [9.17, 15) is 5.11 Å². The quantitative estimate of drug-likeness (QED) is 0.667. The summed E-state index contributed by atoms with van der Waals surface area (Å²) in [5.74, 6) is 1.45. The number of allylic oxidation sites excluding steroid dienone is 1. The molecule has 0 saturated heterocycles. The van der Waals surface area contributed by atoms with Gasteiger partial charge in [-0.1, -0.05) is 32.8 Å². The Morgan fingerprint density at radius 3 is 2.65 bits per heavy atom. The van der Waals surface area contributed by atoms with Crippen molar-refractivity contribution in [2.45, 2.75) is 77.2 Å². The van der Waals surface area contributed by atoms with Gasteiger partial charge in [-0.25, -0.2) is 0 Å². The molecule has 17 heavy (non-hydrogen) atoms. The van der Waals surface area contributed by atoms with Gasteiger partial charge in [-0.2, -0.15) is 0 Å². The zero-order valence-electron chi connectivity index (χ0n) is 11.5. The lowest BCUT2D eigenvalue weighted by atomic mass is 9.69. The molecule has 0 heterocycles. The van der Waals surface area contributed by atoms with Gasteiger partial charge in [0.1, 0.15) is 0 Å². The summed E-state index contributed by atoms with van der Waals surface area (Å²) < 4.78 is 0. The number of rotatable bonds is 1. The van der Waals surface area contributed by atoms with Gasteiger partial charge in [-0.05, 0) is 62.4 Å². The average molecular weight is 236 g/mol. The maximum atomic E-state index is 10.9. The van der Waals surface area contributed by atoms with Crippen LogP contribution in [0.4, 0.5) is 0 Å². The van der Waals surface area contributed by atoms with E-state index in [0.717, 1.165) is 25.2 Å². The van der Waals surface area contributed by atoms with E-state index in [1.807, 2.05) is 0 Å². The van der Waals surface area contributed by atoms with Gasteiger partial charge < -0.3 is 5.11 Å². The Morgan fingerprint density at radius 2 is 1.88 bits per heavy atom. The van der Waals surface area contributed by atoms with Crippen molar-refractivity contribution in [3.8, 4) is 0 Å². The molecular formula is C16H28O. The van der Waals surface area contributed by atoms with Crippen LogP contribution >= 0.6 is 0 Å². The van der Waals surface area contributed by atoms with Crippen LogP contribution in [0.25, 0.3) is 0 Å². The number of aliphatic hydroxyl groups is 1. The second-order valence-electron chi connectivity index (χ2n) is 6.41. The molecule has 1 fully saturated rings. The molecule has 1 nitrogen and oxygen atoms in total. The smallest absolute Gasteiger partial charge is 0.0859 e. The first-order valence-electron chi connectivity index (χ1n) is 7.54. The molecule has 2 aliphatic carbocycles. The molecule has 0 bridgehead atoms. The van der Waals surface area contributed by atoms with E-state index in [1.165, 1.54) is 44.1 Å². The number of hydrogen-bond donors (Lipinski definition) is 1. The van der Waals surface area contributed by atoms with Crippen LogP contribution in [0.5, 0.6) is 0 Å². The fourth-order valence-electron chi connectivity index (χ4n) is 3.49. The van der Waals surface area contributed by atoms with Crippen molar-refractivity contribution < 1.29 is 5.11 Å². The van der Waals surface area contributed by atoms with Gasteiger partial charge in [0.25, 0.3) is 0 Å². The van der Waals surface area contributed by atoms with Crippen LogP contribution < -0.4 is 0 Å². The third-order valence-corrected chi connectivity index (χ3v) is 5.03. The van der Waals surface area contributed by atoms with Crippen LogP contribution in [0.2, 0.25) is 0 Å². The molecule has 2 rings (SSSR count). The first-order valence-corrected chi connectivity index (χ1v) is 7.54. The van der Waals surface area contributed by atoms with Crippen LogP contribution in [-0.4, -0.2) is 10.7 Å². The van der Waals surface area contributed by atoms with Crippen LogP contribution in [0.1, 0.15) is 71.6 Å². The van der Waals surface area contributed by atoms with E-state index in [2.05, 4.69) is 19.9 Å². The third-order valence-electron chi connectivity index (χ3n) is 5.03. The van der Waals surface area contributed by atoms with Crippen LogP contribution in [0.3, 0.4) is 0 Å². The summed E-state index contributed by atoms with van der Waals surface area (Å²) in [5.41, 5.74) is 0.916. The van der Waals surface area contributed by atoms with E-state index >= 15 is 0 Å². The van der Waals surface area contributed by atoms with Crippen LogP contribution in [0, 0.1) is 11.8 Å². The highest BCUT2D eigenvalue weighted by molar-refractivity contribution is 5.19. The normalized spacial score (nSPS) is 40.3. The molecule has 0 amide bonds. The van der Waals surface area contributed by atoms with Crippen molar-refractivity contribution in [2.24, 2.45) is 11.8 Å². The largest absolute Gasteiger partial charge is 0.386 e. The molecule has 3 unspecified atom stereocenters. The first kappa shape index (κ1) is 13.1. The summed E-state index contributed by atoms with van der Waals surface area (Å²) in [7, 11) is 0. The van der Waals surface area contributed by atoms with Gasteiger partial charge in [0.15, 0.2) is 0 Å². The maximum absolute atomic E-state index is 10.9. The average Bonchev–Trinajstić information content (AvgIpc) is 2.23. The Morgan fingerprint density at radius 1 is 1.12 bits per heavy atom. The molecule has 2 aliphatic rings. The van der Waals surface area contributed by atoms with Crippen molar-refractivity contribution >= 4 is 0 Å². The summed E-state index contributed by atoms with van der Waals surface area (Å²) in [4.78, 5) is 0. The lowest BCUT2D eigenvalue weighted by Crippen LogP contribution is -2.39. The van der Waals surface area contributed by atoms with E-state index < -0.39 is 5.60 Å². The summed E-state index contributed by atoms with van der Waals surface area (Å²) in [6.07, 6.45) is 13.2. The first-order chi connectivity index (χ1) is 8.12. The van der Waals surface area contributed by atoms with E-state index in [4.69, 9.17) is 0 Å². The molecule has 0 aromatic heterocycles. The van der Waals surface area contributed by atoms with Gasteiger partial charge >= 0.3 is 0 Å². The van der Waals surface area contributed by atoms with E-state index in [-0.39, 0.29) is 0 Å². The molecular weight excluding hydrogens is 208 g/mol. The fraction of sp³-hybridized carbons (Fsp3) is 0.875. The molecule has 0 aromatic carbocycles. The second-order valence-corrected chi connectivity index (χ2v) is 6.41. The van der Waals surface area contributed by atoms with Gasteiger partial charge in [0.2, 0.25) is 0 Å². The molecule has 0 radical (unpaired) electrons. The van der Waals surface area contributed by atoms with Crippen molar-refractivity contribution in [1.82, 2.24) is 0 Å². The van der Waals surface area contributed by atoms with Gasteiger partial charge in [0.05, 0.1) is 5.60 Å². The maximum Gasteiger partial charge on any atom is 0.0859 e. The lowest BCUT2D eigenvalue weighted by Gasteiger charge is -2.41. The summed E-state index contributed by atoms with van der Waals surface area (Å²) >= 11 is 0. The minimum absolute atomic E-state index is 0.455. The van der Waals surface area contributed by atoms with E-state index in [0.29, 0.717) is 5.92 Å². The molecule has 0 aromatic rings. The Bertz CT molecular complexity index is 281. The summed E-state index contributed by atoms with van der Waals surface area (Å²) in [6, 6.07) is 0. The van der Waals surface area contributed by atoms with Crippen molar-refractivity contribution in [3.05, 3.63) is 11.6 Å². The minimum atomic E-state index is -0.455. The highest BCUT2D eigenvalue weighted by Gasteiger charge is 2.38. The topological polar surface area (TPSA) is 20.2 Å². The fourth-order valence-corrected chi connectivity index (χ4v) is 3.49. The SMILES string of the molecule is CC1CCC(O)(C2=CCCCCCC2)CC1C. The Balaban J connectivity index is 2.08. The summed E-state index contributed by atoms with van der Waals surface area (Å²) in [6.45, 7) is 4.63. The zero-order chi connectivity index (χ0) is 12.3. The molecule has 3 atom stereocenters. The lowest BCUT2D eigenvalue weighted by molar-refractivity contribution is -0.000382. The van der Waals surface area contributed by atoms with Crippen LogP contribution in [0.15, 0.2) is 11.6 Å². The highest BCUT2D eigenvalue weighted by atomic mass is 16.3. The predicted molar refractivity (Wildman–Crippen MR) is 72.9 cm³/mol. The molecule has 1 N–H and O–H groups in total. The molecule has 0 aliphatic heterocycles. The summed E-state index contributed by atoms with van der Waals surface area (Å²) in [5, 5.41) is 10.9. The third kappa shape index (κ3) is 3.13. The molecule has 98 valence electrons. The highest BCUT2D eigenvalue weighted by Crippen LogP contribution is 2.42. The Hall–Kier alpha value is -0.300. The van der Waals surface area contributed by atoms with Gasteiger partial charge in [-0.15, -0.1) is 0 Å². The predicted octanol–water partition coefficient (Wildman–Crippen LogP) is 4.45. The van der Waals surface area contributed by atoms with Crippen molar-refractivity contribution in [2.75, 3.05) is 0 Å². The molecule has 0 spiro atoms. The monoisotopic (exact) mass is 236 g/mol. The second kappa shape index (κ2) is 5.56. The minimum Gasteiger partial charge on any atom is -0.386 e.